The zero-order valence-corrected chi connectivity index (χ0v) is 21.9. The maximum absolute atomic E-state index is 13.5. The van der Waals surface area contributed by atoms with Crippen molar-refractivity contribution in [3.05, 3.63) is 65.6 Å². The molecule has 1 aromatic carbocycles. The quantitative estimate of drug-likeness (QED) is 0.447. The second kappa shape index (κ2) is 9.77. The number of carbonyl (C=O) groups is 2. The Hall–Kier alpha value is -2.27. The fourth-order valence-electron chi connectivity index (χ4n) is 3.83. The SMILES string of the molecule is CCOC(=O)C1=C(C(=O)OCC)N2C(C)=C(C)SC2OC1c1coc2c(Br)cc(Cl)cc2c1=O. The van der Waals surface area contributed by atoms with Crippen LogP contribution in [0.25, 0.3) is 11.0 Å². The Balaban J connectivity index is 1.99. The third kappa shape index (κ3) is 4.17. The molecule has 11 heteroatoms. The number of ether oxygens (including phenoxy) is 3. The summed E-state index contributed by atoms with van der Waals surface area (Å²) in [6.07, 6.45) is 0.00243. The van der Waals surface area contributed by atoms with Crippen molar-refractivity contribution in [3.63, 3.8) is 0 Å². The second-order valence-electron chi connectivity index (χ2n) is 7.44. The summed E-state index contributed by atoms with van der Waals surface area (Å²) in [6, 6.07) is 3.09. The van der Waals surface area contributed by atoms with Crippen LogP contribution >= 0.6 is 39.3 Å². The minimum Gasteiger partial charge on any atom is -0.462 e. The molecule has 0 aliphatic carbocycles. The number of hydrogen-bond acceptors (Lipinski definition) is 9. The summed E-state index contributed by atoms with van der Waals surface area (Å²) in [7, 11) is 0. The van der Waals surface area contributed by atoms with Crippen LogP contribution in [0.1, 0.15) is 39.4 Å². The normalized spacial score (nSPS) is 20.1. The van der Waals surface area contributed by atoms with E-state index in [1.807, 2.05) is 13.8 Å². The molecule has 3 heterocycles. The van der Waals surface area contributed by atoms with Gasteiger partial charge in [0.1, 0.15) is 23.6 Å². The van der Waals surface area contributed by atoms with Crippen molar-refractivity contribution in [2.24, 2.45) is 0 Å². The highest BCUT2D eigenvalue weighted by atomic mass is 79.9. The number of allylic oxidation sites excluding steroid dienone is 2. The number of hydrogen-bond donors (Lipinski definition) is 0. The molecule has 2 aromatic rings. The Morgan fingerprint density at radius 2 is 1.85 bits per heavy atom. The zero-order valence-electron chi connectivity index (χ0n) is 18.8. The molecule has 2 atom stereocenters. The van der Waals surface area contributed by atoms with Crippen molar-refractivity contribution in [1.82, 2.24) is 4.90 Å². The van der Waals surface area contributed by atoms with Gasteiger partial charge in [-0.25, -0.2) is 9.59 Å². The van der Waals surface area contributed by atoms with Crippen molar-refractivity contribution in [3.8, 4) is 0 Å². The first-order chi connectivity index (χ1) is 16.2. The summed E-state index contributed by atoms with van der Waals surface area (Å²) >= 11 is 10.9. The van der Waals surface area contributed by atoms with Gasteiger partial charge in [-0.1, -0.05) is 23.4 Å². The van der Waals surface area contributed by atoms with Gasteiger partial charge in [0.25, 0.3) is 0 Å². The van der Waals surface area contributed by atoms with E-state index in [-0.39, 0.29) is 35.4 Å². The molecule has 0 fully saturated rings. The van der Waals surface area contributed by atoms with E-state index >= 15 is 0 Å². The Morgan fingerprint density at radius 3 is 2.53 bits per heavy atom. The molecule has 0 saturated heterocycles. The number of rotatable bonds is 5. The van der Waals surface area contributed by atoms with Gasteiger partial charge < -0.3 is 23.5 Å². The van der Waals surface area contributed by atoms with Crippen molar-refractivity contribution in [2.45, 2.75) is 39.4 Å². The van der Waals surface area contributed by atoms with Gasteiger partial charge in [0.15, 0.2) is 16.6 Å². The molecule has 2 aliphatic heterocycles. The lowest BCUT2D eigenvalue weighted by Gasteiger charge is -2.38. The van der Waals surface area contributed by atoms with Crippen molar-refractivity contribution in [1.29, 1.82) is 0 Å². The number of thioether (sulfide) groups is 1. The number of esters is 2. The van der Waals surface area contributed by atoms with Gasteiger partial charge >= 0.3 is 11.9 Å². The first-order valence-corrected chi connectivity index (χ1v) is 12.5. The standard InChI is InChI=1S/C23H21BrClNO7S/c1-5-30-21(28)16-17(22(29)31-6-2)26-10(3)11(4)34-23(26)33-20(16)14-9-32-19-13(18(14)27)7-12(25)8-15(19)24/h7-9,20,23H,5-6H2,1-4H3. The smallest absolute Gasteiger partial charge is 0.355 e. The lowest BCUT2D eigenvalue weighted by atomic mass is 9.97. The first-order valence-electron chi connectivity index (χ1n) is 10.5. The van der Waals surface area contributed by atoms with E-state index in [4.69, 9.17) is 30.2 Å². The molecule has 0 saturated carbocycles. The minimum absolute atomic E-state index is 0.0184. The zero-order chi connectivity index (χ0) is 24.7. The fourth-order valence-corrected chi connectivity index (χ4v) is 5.84. The Labute approximate surface area is 213 Å². The summed E-state index contributed by atoms with van der Waals surface area (Å²) in [6.45, 7) is 7.18. The van der Waals surface area contributed by atoms with Gasteiger partial charge in [-0.15, -0.1) is 0 Å². The van der Waals surface area contributed by atoms with Gasteiger partial charge in [0.05, 0.1) is 28.6 Å². The van der Waals surface area contributed by atoms with Gasteiger partial charge in [-0.3, -0.25) is 4.79 Å². The summed E-state index contributed by atoms with van der Waals surface area (Å²) in [5.74, 6) is -1.50. The van der Waals surface area contributed by atoms with Crippen molar-refractivity contribution in [2.75, 3.05) is 13.2 Å². The average Bonchev–Trinajstić information content (AvgIpc) is 3.06. The maximum atomic E-state index is 13.5. The topological polar surface area (TPSA) is 95.3 Å². The van der Waals surface area contributed by atoms with E-state index in [1.165, 1.54) is 24.1 Å². The van der Waals surface area contributed by atoms with Gasteiger partial charge in [-0.05, 0) is 55.8 Å². The van der Waals surface area contributed by atoms with Crippen LogP contribution in [0.15, 0.2) is 54.0 Å². The Morgan fingerprint density at radius 1 is 1.18 bits per heavy atom. The lowest BCUT2D eigenvalue weighted by molar-refractivity contribution is -0.149. The third-order valence-electron chi connectivity index (χ3n) is 5.44. The van der Waals surface area contributed by atoms with E-state index in [9.17, 15) is 14.4 Å². The van der Waals surface area contributed by atoms with E-state index in [2.05, 4.69) is 15.9 Å². The fraction of sp³-hybridized carbons (Fsp3) is 0.348. The highest BCUT2D eigenvalue weighted by Gasteiger charge is 2.48. The van der Waals surface area contributed by atoms with Gasteiger partial charge in [0.2, 0.25) is 0 Å². The van der Waals surface area contributed by atoms with Crippen LogP contribution in [0.2, 0.25) is 5.02 Å². The predicted molar refractivity (Wildman–Crippen MR) is 131 cm³/mol. The Kier molecular flexibility index (Phi) is 7.14. The number of benzene rings is 1. The molecular formula is C23H21BrClNO7S. The molecule has 4 rings (SSSR count). The Bertz CT molecular complexity index is 1320. The van der Waals surface area contributed by atoms with Crippen molar-refractivity contribution >= 4 is 62.2 Å². The predicted octanol–water partition coefficient (Wildman–Crippen LogP) is 5.24. The lowest BCUT2D eigenvalue weighted by Crippen LogP contribution is -2.43. The minimum atomic E-state index is -1.23. The molecule has 0 radical (unpaired) electrons. The monoisotopic (exact) mass is 569 g/mol. The third-order valence-corrected chi connectivity index (χ3v) is 7.42. The van der Waals surface area contributed by atoms with Crippen LogP contribution in [-0.2, 0) is 23.8 Å². The van der Waals surface area contributed by atoms with Crippen LogP contribution in [0.3, 0.4) is 0 Å². The number of halogens is 2. The van der Waals surface area contributed by atoms with Crippen LogP contribution < -0.4 is 5.43 Å². The molecular weight excluding hydrogens is 550 g/mol. The van der Waals surface area contributed by atoms with E-state index in [0.717, 1.165) is 10.6 Å². The van der Waals surface area contributed by atoms with Gasteiger partial charge in [-0.2, -0.15) is 0 Å². The van der Waals surface area contributed by atoms with E-state index < -0.39 is 29.0 Å². The highest BCUT2D eigenvalue weighted by Crippen LogP contribution is 2.49. The van der Waals surface area contributed by atoms with Crippen LogP contribution in [0.5, 0.6) is 0 Å². The summed E-state index contributed by atoms with van der Waals surface area (Å²) in [4.78, 5) is 42.4. The summed E-state index contributed by atoms with van der Waals surface area (Å²) in [5, 5.41) is 0.531. The van der Waals surface area contributed by atoms with Crippen molar-refractivity contribution < 1.29 is 28.2 Å². The molecule has 0 N–H and O–H groups in total. The highest BCUT2D eigenvalue weighted by molar-refractivity contribution is 9.10. The largest absolute Gasteiger partial charge is 0.462 e. The molecule has 34 heavy (non-hydrogen) atoms. The molecule has 8 nitrogen and oxygen atoms in total. The van der Waals surface area contributed by atoms with Crippen LogP contribution in [-0.4, -0.2) is 35.6 Å². The van der Waals surface area contributed by atoms with Crippen LogP contribution in [0, 0.1) is 0 Å². The van der Waals surface area contributed by atoms with Crippen LogP contribution in [0.4, 0.5) is 0 Å². The number of fused-ring (bicyclic) bond motifs is 2. The molecule has 1 aromatic heterocycles. The summed E-state index contributed by atoms with van der Waals surface area (Å²) in [5.41, 5.74) is -0.213. The molecule has 2 aliphatic rings. The maximum Gasteiger partial charge on any atom is 0.355 e. The molecule has 0 amide bonds. The first kappa shape index (κ1) is 24.8. The number of nitrogens with zero attached hydrogens (tertiary/aromatic N) is 1. The molecule has 2 unspecified atom stereocenters. The number of carbonyl (C=O) groups excluding carboxylic acids is 2. The van der Waals surface area contributed by atoms with E-state index in [1.54, 1.807) is 24.8 Å². The second-order valence-corrected chi connectivity index (χ2v) is 9.98. The molecule has 180 valence electrons. The van der Waals surface area contributed by atoms with E-state index in [0.29, 0.717) is 15.1 Å². The molecule has 0 bridgehead atoms. The summed E-state index contributed by atoms with van der Waals surface area (Å²) < 4.78 is 23.0. The van der Waals surface area contributed by atoms with Gasteiger partial charge in [0, 0.05) is 15.6 Å². The average molecular weight is 571 g/mol. The molecule has 0 spiro atoms.